The van der Waals surface area contributed by atoms with Crippen LogP contribution in [0.3, 0.4) is 0 Å². The highest BCUT2D eigenvalue weighted by atomic mass is 32.2. The Bertz CT molecular complexity index is 1260. The van der Waals surface area contributed by atoms with Gasteiger partial charge in [0.05, 0.1) is 26.9 Å². The molecule has 1 aliphatic rings. The molecule has 1 aromatic heterocycles. The average molecular weight is 472 g/mol. The lowest BCUT2D eigenvalue weighted by atomic mass is 9.86. The lowest BCUT2D eigenvalue weighted by Gasteiger charge is -2.26. The molecule has 4 rings (SSSR count). The van der Waals surface area contributed by atoms with Crippen molar-refractivity contribution in [3.05, 3.63) is 69.3 Å². The molecule has 2 N–H and O–H groups in total. The number of H-pyrrole nitrogens is 1. The first-order valence-electron chi connectivity index (χ1n) is 10.0. The smallest absolute Gasteiger partial charge is 0.257 e. The Kier molecular flexibility index (Phi) is 6.55. The van der Waals surface area contributed by atoms with Crippen LogP contribution in [-0.4, -0.2) is 37.2 Å². The number of halogens is 1. The lowest BCUT2D eigenvalue weighted by molar-refractivity contribution is -0.116. The van der Waals surface area contributed by atoms with Gasteiger partial charge in [0.15, 0.2) is 16.7 Å². The number of methoxy groups -OCH3 is 3. The van der Waals surface area contributed by atoms with Crippen molar-refractivity contribution in [2.75, 3.05) is 26.6 Å². The van der Waals surface area contributed by atoms with Crippen molar-refractivity contribution in [2.24, 2.45) is 0 Å². The number of anilines is 1. The number of nitrogens with zero attached hydrogens (tertiary/aromatic N) is 1. The van der Waals surface area contributed by atoms with Gasteiger partial charge in [0.1, 0.15) is 17.4 Å². The van der Waals surface area contributed by atoms with Crippen LogP contribution in [0.1, 0.15) is 29.0 Å². The summed E-state index contributed by atoms with van der Waals surface area (Å²) in [5, 5.41) is 2.96. The van der Waals surface area contributed by atoms with Gasteiger partial charge in [-0.3, -0.25) is 9.59 Å². The van der Waals surface area contributed by atoms with E-state index in [-0.39, 0.29) is 34.9 Å². The van der Waals surface area contributed by atoms with Crippen LogP contribution < -0.4 is 25.1 Å². The zero-order valence-electron chi connectivity index (χ0n) is 18.2. The fourth-order valence-corrected chi connectivity index (χ4v) is 4.62. The number of fused-ring (bicyclic) bond motifs is 1. The maximum atomic E-state index is 13.9. The van der Waals surface area contributed by atoms with E-state index in [0.29, 0.717) is 33.9 Å². The fourth-order valence-electron chi connectivity index (χ4n) is 3.77. The van der Waals surface area contributed by atoms with E-state index < -0.39 is 11.5 Å². The van der Waals surface area contributed by atoms with Crippen molar-refractivity contribution in [3.63, 3.8) is 0 Å². The average Bonchev–Trinajstić information content (AvgIpc) is 2.81. The maximum Gasteiger partial charge on any atom is 0.257 e. The van der Waals surface area contributed by atoms with Gasteiger partial charge in [0.25, 0.3) is 5.56 Å². The van der Waals surface area contributed by atoms with E-state index in [9.17, 15) is 14.0 Å². The number of ether oxygens (including phenoxy) is 3. The van der Waals surface area contributed by atoms with Crippen LogP contribution in [0.15, 0.2) is 46.3 Å². The van der Waals surface area contributed by atoms with Crippen LogP contribution in [0.2, 0.25) is 0 Å². The molecule has 1 amide bonds. The molecular weight excluding hydrogens is 449 g/mol. The van der Waals surface area contributed by atoms with Gasteiger partial charge in [-0.15, -0.1) is 0 Å². The number of hydrogen-bond acceptors (Lipinski definition) is 7. The molecule has 3 aromatic rings. The summed E-state index contributed by atoms with van der Waals surface area (Å²) in [6.07, 6.45) is 0.0331. The van der Waals surface area contributed by atoms with Crippen LogP contribution >= 0.6 is 11.8 Å². The third-order valence-corrected chi connectivity index (χ3v) is 6.29. The summed E-state index contributed by atoms with van der Waals surface area (Å²) in [5.41, 5.74) is 1.01. The van der Waals surface area contributed by atoms with E-state index >= 15 is 0 Å². The molecule has 0 aliphatic carbocycles. The number of carbonyl (C=O) groups is 1. The Morgan fingerprint density at radius 3 is 2.45 bits per heavy atom. The number of amides is 1. The highest BCUT2D eigenvalue weighted by Gasteiger charge is 2.33. The number of hydrogen-bond donors (Lipinski definition) is 2. The molecule has 1 atom stereocenters. The summed E-state index contributed by atoms with van der Waals surface area (Å²) >= 11 is 1.17. The van der Waals surface area contributed by atoms with Gasteiger partial charge >= 0.3 is 0 Å². The molecular formula is C23H22FN3O5S. The molecule has 1 unspecified atom stereocenters. The molecule has 33 heavy (non-hydrogen) atoms. The normalized spacial score (nSPS) is 14.9. The Morgan fingerprint density at radius 2 is 1.76 bits per heavy atom. The number of aromatic nitrogens is 2. The van der Waals surface area contributed by atoms with Crippen molar-refractivity contribution < 1.29 is 23.4 Å². The predicted molar refractivity (Wildman–Crippen MR) is 122 cm³/mol. The summed E-state index contributed by atoms with van der Waals surface area (Å²) in [6.45, 7) is 0. The maximum absolute atomic E-state index is 13.9. The van der Waals surface area contributed by atoms with Crippen molar-refractivity contribution in [2.45, 2.75) is 23.2 Å². The third-order valence-electron chi connectivity index (χ3n) is 5.36. The Labute approximate surface area is 193 Å². The van der Waals surface area contributed by atoms with E-state index in [2.05, 4.69) is 15.3 Å². The van der Waals surface area contributed by atoms with Gasteiger partial charge in [-0.2, -0.15) is 0 Å². The van der Waals surface area contributed by atoms with Gasteiger partial charge in [-0.05, 0) is 17.7 Å². The van der Waals surface area contributed by atoms with Crippen molar-refractivity contribution >= 4 is 23.5 Å². The second-order valence-corrected chi connectivity index (χ2v) is 8.23. The molecule has 8 nitrogen and oxygen atoms in total. The van der Waals surface area contributed by atoms with E-state index in [1.165, 1.54) is 39.2 Å². The molecule has 0 bridgehead atoms. The van der Waals surface area contributed by atoms with Gasteiger partial charge in [0, 0.05) is 29.7 Å². The molecule has 0 fully saturated rings. The van der Waals surface area contributed by atoms with Gasteiger partial charge in [-0.25, -0.2) is 9.37 Å². The number of benzene rings is 2. The Morgan fingerprint density at radius 1 is 1.06 bits per heavy atom. The molecule has 10 heteroatoms. The number of nitrogens with one attached hydrogen (secondary N) is 2. The molecule has 1 aliphatic heterocycles. The minimum atomic E-state index is -0.606. The molecule has 0 saturated carbocycles. The second kappa shape index (κ2) is 9.53. The molecule has 2 heterocycles. The van der Waals surface area contributed by atoms with Crippen molar-refractivity contribution in [1.29, 1.82) is 0 Å². The zero-order valence-corrected chi connectivity index (χ0v) is 19.0. The molecule has 172 valence electrons. The monoisotopic (exact) mass is 471 g/mol. The third kappa shape index (κ3) is 4.51. The summed E-state index contributed by atoms with van der Waals surface area (Å²) in [6, 6.07) is 9.75. The predicted octanol–water partition coefficient (Wildman–Crippen LogP) is 3.70. The van der Waals surface area contributed by atoms with Crippen LogP contribution in [0.5, 0.6) is 17.2 Å². The summed E-state index contributed by atoms with van der Waals surface area (Å²) in [4.78, 5) is 32.8. The Balaban J connectivity index is 1.73. The first-order chi connectivity index (χ1) is 15.9. The lowest BCUT2D eigenvalue weighted by Crippen LogP contribution is -2.31. The van der Waals surface area contributed by atoms with E-state index in [1.54, 1.807) is 30.3 Å². The highest BCUT2D eigenvalue weighted by Crippen LogP contribution is 2.43. The second-order valence-electron chi connectivity index (χ2n) is 7.27. The van der Waals surface area contributed by atoms with Gasteiger partial charge in [-0.1, -0.05) is 30.0 Å². The fraction of sp³-hybridized carbons (Fsp3) is 0.261. The number of carbonyl (C=O) groups excluding carboxylic acids is 1. The number of rotatable bonds is 7. The van der Waals surface area contributed by atoms with Crippen molar-refractivity contribution in [3.8, 4) is 17.2 Å². The summed E-state index contributed by atoms with van der Waals surface area (Å²) < 4.78 is 30.2. The quantitative estimate of drug-likeness (QED) is 0.400. The minimum Gasteiger partial charge on any atom is -0.496 e. The summed E-state index contributed by atoms with van der Waals surface area (Å²) in [5.74, 6) is 0.586. The van der Waals surface area contributed by atoms with E-state index in [0.717, 1.165) is 0 Å². The van der Waals surface area contributed by atoms with E-state index in [1.807, 2.05) is 0 Å². The number of aromatic amines is 1. The van der Waals surface area contributed by atoms with E-state index in [4.69, 9.17) is 14.2 Å². The van der Waals surface area contributed by atoms with Crippen LogP contribution in [0, 0.1) is 5.82 Å². The van der Waals surface area contributed by atoms with Crippen LogP contribution in [-0.2, 0) is 10.5 Å². The first kappa shape index (κ1) is 22.7. The SMILES string of the molecule is COc1cc(OC)c(C2CC(=O)Nc3nc(SCc4ccccc4F)[nH]c(=O)c32)cc1OC. The highest BCUT2D eigenvalue weighted by molar-refractivity contribution is 7.98. The van der Waals surface area contributed by atoms with Crippen LogP contribution in [0.25, 0.3) is 0 Å². The Hall–Kier alpha value is -3.53. The minimum absolute atomic E-state index is 0.0331. The van der Waals surface area contributed by atoms with Crippen molar-refractivity contribution in [1.82, 2.24) is 9.97 Å². The molecule has 0 radical (unpaired) electrons. The molecule has 0 spiro atoms. The molecule has 2 aromatic carbocycles. The zero-order chi connectivity index (χ0) is 23.5. The van der Waals surface area contributed by atoms with Gasteiger partial charge in [0.2, 0.25) is 5.91 Å². The first-order valence-corrected chi connectivity index (χ1v) is 11.0. The largest absolute Gasteiger partial charge is 0.496 e. The summed E-state index contributed by atoms with van der Waals surface area (Å²) in [7, 11) is 4.51. The molecule has 0 saturated heterocycles. The number of thioether (sulfide) groups is 1. The van der Waals surface area contributed by atoms with Gasteiger partial charge < -0.3 is 24.5 Å². The standard InChI is InChI=1S/C23H22FN3O5S/c1-30-16-10-18(32-3)17(31-2)8-13(16)14-9-19(28)25-21-20(14)22(29)27-23(26-21)33-11-12-6-4-5-7-15(12)24/h4-8,10,14H,9,11H2,1-3H3,(H2,25,26,27,28,29). The topological polar surface area (TPSA) is 103 Å². The van der Waals surface area contributed by atoms with Crippen LogP contribution in [0.4, 0.5) is 10.2 Å².